The molecule has 2 nitrogen and oxygen atoms in total. The summed E-state index contributed by atoms with van der Waals surface area (Å²) in [6, 6.07) is 99.8. The Balaban J connectivity index is 1.02. The van der Waals surface area contributed by atoms with Crippen LogP contribution in [0.5, 0.6) is 11.5 Å². The standard InChI is InChI=1S/C69H45NO/c1-4-19-46(20-5-1)51-27-16-29-54(43-51)70(65-45-52(47-21-6-2-7-22-47)37-40-56(65)48-23-8-3-9-24-48)55-30-17-28-53(44-55)57-34-18-36-62-66(57)60-33-14-15-35-61(60)69(62)63-41-38-49-25-10-12-31-58(49)67(63)71-68-59-32-13-11-26-50(59)39-42-64(68)69/h1-45H. The van der Waals surface area contributed by atoms with Crippen LogP contribution in [-0.2, 0) is 5.41 Å². The van der Waals surface area contributed by atoms with Gasteiger partial charge < -0.3 is 9.64 Å². The Morgan fingerprint density at radius 3 is 1.41 bits per heavy atom. The minimum absolute atomic E-state index is 0.650. The Hall–Kier alpha value is -9.24. The molecule has 1 aliphatic heterocycles. The van der Waals surface area contributed by atoms with E-state index < -0.39 is 5.41 Å². The third kappa shape index (κ3) is 6.42. The van der Waals surface area contributed by atoms with E-state index in [0.29, 0.717) is 0 Å². The van der Waals surface area contributed by atoms with E-state index in [2.05, 4.69) is 278 Å². The van der Waals surface area contributed by atoms with Crippen LogP contribution in [0.15, 0.2) is 273 Å². The summed E-state index contributed by atoms with van der Waals surface area (Å²) in [5.74, 6) is 1.84. The fourth-order valence-corrected chi connectivity index (χ4v) is 11.8. The average Bonchev–Trinajstić information content (AvgIpc) is 3.74. The van der Waals surface area contributed by atoms with Gasteiger partial charge in [0.05, 0.1) is 11.1 Å². The van der Waals surface area contributed by atoms with Crippen LogP contribution in [0.25, 0.3) is 77.2 Å². The van der Waals surface area contributed by atoms with Crippen molar-refractivity contribution in [2.75, 3.05) is 4.90 Å². The molecule has 0 radical (unpaired) electrons. The number of anilines is 3. The smallest absolute Gasteiger partial charge is 0.140 e. The van der Waals surface area contributed by atoms with Crippen LogP contribution in [0.3, 0.4) is 0 Å². The zero-order valence-electron chi connectivity index (χ0n) is 38.8. The lowest BCUT2D eigenvalue weighted by atomic mass is 9.65. The van der Waals surface area contributed by atoms with Crippen molar-refractivity contribution < 1.29 is 4.74 Å². The Bertz CT molecular complexity index is 3940. The molecule has 71 heavy (non-hydrogen) atoms. The second-order valence-corrected chi connectivity index (χ2v) is 18.7. The number of hydrogen-bond acceptors (Lipinski definition) is 2. The first-order chi connectivity index (χ1) is 35.2. The average molecular weight is 904 g/mol. The largest absolute Gasteiger partial charge is 0.455 e. The molecule has 1 heterocycles. The lowest BCUT2D eigenvalue weighted by Gasteiger charge is -2.40. The number of ether oxygens (including phenoxy) is 1. The van der Waals surface area contributed by atoms with E-state index in [9.17, 15) is 0 Å². The zero-order valence-corrected chi connectivity index (χ0v) is 38.8. The number of nitrogens with zero attached hydrogens (tertiary/aromatic N) is 1. The number of rotatable bonds is 7. The number of hydrogen-bond donors (Lipinski definition) is 0. The van der Waals surface area contributed by atoms with Gasteiger partial charge in [-0.05, 0) is 102 Å². The molecule has 2 aliphatic rings. The Morgan fingerprint density at radius 1 is 0.282 bits per heavy atom. The van der Waals surface area contributed by atoms with Crippen LogP contribution < -0.4 is 9.64 Å². The van der Waals surface area contributed by atoms with Crippen molar-refractivity contribution in [2.24, 2.45) is 0 Å². The molecule has 332 valence electrons. The van der Waals surface area contributed by atoms with Gasteiger partial charge in [0.15, 0.2) is 0 Å². The molecule has 0 N–H and O–H groups in total. The summed E-state index contributed by atoms with van der Waals surface area (Å²) < 4.78 is 7.27. The highest BCUT2D eigenvalue weighted by Gasteiger charge is 2.52. The van der Waals surface area contributed by atoms with Gasteiger partial charge in [0.25, 0.3) is 0 Å². The third-order valence-electron chi connectivity index (χ3n) is 14.9. The van der Waals surface area contributed by atoms with Gasteiger partial charge in [-0.15, -0.1) is 0 Å². The molecule has 0 saturated carbocycles. The van der Waals surface area contributed by atoms with Crippen molar-refractivity contribution in [2.45, 2.75) is 5.41 Å². The van der Waals surface area contributed by atoms with Crippen molar-refractivity contribution in [3.8, 4) is 67.1 Å². The molecule has 0 fully saturated rings. The quantitative estimate of drug-likeness (QED) is 0.158. The summed E-state index contributed by atoms with van der Waals surface area (Å²) in [6.45, 7) is 0. The minimum atomic E-state index is -0.650. The fraction of sp³-hybridized carbons (Fsp3) is 0.0145. The first-order valence-corrected chi connectivity index (χ1v) is 24.5. The van der Waals surface area contributed by atoms with Crippen LogP contribution in [0.4, 0.5) is 17.1 Å². The van der Waals surface area contributed by atoms with Crippen molar-refractivity contribution in [1.82, 2.24) is 0 Å². The predicted octanol–water partition coefficient (Wildman–Crippen LogP) is 18.6. The van der Waals surface area contributed by atoms with Gasteiger partial charge in [0.1, 0.15) is 11.5 Å². The van der Waals surface area contributed by atoms with Crippen LogP contribution in [0.1, 0.15) is 22.3 Å². The lowest BCUT2D eigenvalue weighted by Crippen LogP contribution is -2.32. The molecule has 0 atom stereocenters. The van der Waals surface area contributed by atoms with E-state index in [4.69, 9.17) is 4.74 Å². The molecule has 0 aromatic heterocycles. The highest BCUT2D eigenvalue weighted by atomic mass is 16.5. The SMILES string of the molecule is c1ccc(-c2cccc(N(c3cccc(-c4cccc5c4-c4ccccc4C54c5ccc6ccccc6c5Oc5c4ccc4ccccc54)c3)c3cc(-c4ccccc4)ccc3-c3ccccc3)c2)cc1. The lowest BCUT2D eigenvalue weighted by molar-refractivity contribution is 0.447. The minimum Gasteiger partial charge on any atom is -0.455 e. The Labute approximate surface area is 414 Å². The normalized spacial score (nSPS) is 12.7. The molecular formula is C69H45NO. The summed E-state index contributed by atoms with van der Waals surface area (Å²) in [5.41, 5.74) is 19.2. The number of benzene rings is 12. The van der Waals surface area contributed by atoms with Gasteiger partial charge in [0, 0.05) is 38.8 Å². The maximum Gasteiger partial charge on any atom is 0.140 e. The van der Waals surface area contributed by atoms with Crippen molar-refractivity contribution in [1.29, 1.82) is 0 Å². The molecule has 0 amide bonds. The van der Waals surface area contributed by atoms with Crippen LogP contribution in [0.2, 0.25) is 0 Å². The van der Waals surface area contributed by atoms with E-state index in [-0.39, 0.29) is 0 Å². The molecule has 2 heteroatoms. The van der Waals surface area contributed by atoms with Gasteiger partial charge in [-0.25, -0.2) is 0 Å². The molecule has 1 spiro atoms. The van der Waals surface area contributed by atoms with Gasteiger partial charge in [0.2, 0.25) is 0 Å². The predicted molar refractivity (Wildman–Crippen MR) is 295 cm³/mol. The van der Waals surface area contributed by atoms with E-state index in [1.54, 1.807) is 0 Å². The monoisotopic (exact) mass is 903 g/mol. The summed E-state index contributed by atoms with van der Waals surface area (Å²) in [7, 11) is 0. The first-order valence-electron chi connectivity index (χ1n) is 24.5. The van der Waals surface area contributed by atoms with E-state index in [1.807, 2.05) is 0 Å². The van der Waals surface area contributed by atoms with Gasteiger partial charge in [-0.3, -0.25) is 0 Å². The van der Waals surface area contributed by atoms with Gasteiger partial charge >= 0.3 is 0 Å². The van der Waals surface area contributed by atoms with Crippen molar-refractivity contribution >= 4 is 38.6 Å². The molecule has 12 aromatic carbocycles. The summed E-state index contributed by atoms with van der Waals surface area (Å²) in [6.07, 6.45) is 0. The molecule has 12 aromatic rings. The number of fused-ring (bicyclic) bond motifs is 13. The first kappa shape index (κ1) is 40.8. The zero-order chi connectivity index (χ0) is 46.9. The Kier molecular flexibility index (Phi) is 9.47. The van der Waals surface area contributed by atoms with Gasteiger partial charge in [-0.1, -0.05) is 243 Å². The summed E-state index contributed by atoms with van der Waals surface area (Å²) in [5, 5.41) is 4.54. The molecular weight excluding hydrogens is 859 g/mol. The molecule has 0 unspecified atom stereocenters. The third-order valence-corrected chi connectivity index (χ3v) is 14.9. The fourth-order valence-electron chi connectivity index (χ4n) is 11.8. The Morgan fingerprint density at radius 2 is 0.761 bits per heavy atom. The second-order valence-electron chi connectivity index (χ2n) is 18.7. The van der Waals surface area contributed by atoms with E-state index in [1.165, 1.54) is 38.9 Å². The van der Waals surface area contributed by atoms with Gasteiger partial charge in [-0.2, -0.15) is 0 Å². The highest BCUT2D eigenvalue weighted by Crippen LogP contribution is 2.65. The second kappa shape index (κ2) is 16.5. The topological polar surface area (TPSA) is 12.5 Å². The molecule has 0 bridgehead atoms. The molecule has 0 saturated heterocycles. The van der Waals surface area contributed by atoms with Crippen molar-refractivity contribution in [3.63, 3.8) is 0 Å². The maximum absolute atomic E-state index is 7.27. The van der Waals surface area contributed by atoms with Crippen LogP contribution >= 0.6 is 0 Å². The van der Waals surface area contributed by atoms with E-state index in [0.717, 1.165) is 89.1 Å². The summed E-state index contributed by atoms with van der Waals surface area (Å²) in [4.78, 5) is 2.46. The van der Waals surface area contributed by atoms with Crippen LogP contribution in [-0.4, -0.2) is 0 Å². The van der Waals surface area contributed by atoms with E-state index >= 15 is 0 Å². The van der Waals surface area contributed by atoms with Crippen molar-refractivity contribution in [3.05, 3.63) is 295 Å². The molecule has 1 aliphatic carbocycles. The summed E-state index contributed by atoms with van der Waals surface area (Å²) >= 11 is 0. The molecule has 14 rings (SSSR count). The maximum atomic E-state index is 7.27. The van der Waals surface area contributed by atoms with Crippen LogP contribution in [0, 0.1) is 0 Å². The highest BCUT2D eigenvalue weighted by molar-refractivity contribution is 6.03.